The molecule has 0 fully saturated rings. The maximum Gasteiger partial charge on any atom is 0.305 e. The molecule has 94 valence electrons. The molecule has 0 aliphatic heterocycles. The Hall–Kier alpha value is -1.85. The van der Waals surface area contributed by atoms with Crippen LogP contribution in [-0.2, 0) is 9.53 Å². The molecule has 6 heteroatoms. The first-order chi connectivity index (χ1) is 8.06. The normalized spacial score (nSPS) is 10.1. The number of amides is 1. The van der Waals surface area contributed by atoms with Gasteiger partial charge < -0.3 is 9.64 Å². The number of aromatic amines is 1. The molecule has 0 bridgehead atoms. The predicted octanol–water partition coefficient (Wildman–Crippen LogP) is 0.743. The molecule has 6 nitrogen and oxygen atoms in total. The highest BCUT2D eigenvalue weighted by Crippen LogP contribution is 2.07. The molecular formula is C11H17N3O3. The summed E-state index contributed by atoms with van der Waals surface area (Å²) in [7, 11) is 3.05. The van der Waals surface area contributed by atoms with E-state index in [0.717, 1.165) is 5.69 Å². The van der Waals surface area contributed by atoms with Gasteiger partial charge >= 0.3 is 5.97 Å². The van der Waals surface area contributed by atoms with Crippen LogP contribution in [0, 0.1) is 6.92 Å². The molecular weight excluding hydrogens is 222 g/mol. The first-order valence-corrected chi connectivity index (χ1v) is 5.38. The SMILES string of the molecule is COC(=O)CCCN(C)C(=O)c1cn[nH]c1C. The maximum atomic E-state index is 11.9. The lowest BCUT2D eigenvalue weighted by molar-refractivity contribution is -0.140. The van der Waals surface area contributed by atoms with Crippen molar-refractivity contribution in [3.63, 3.8) is 0 Å². The second kappa shape index (κ2) is 6.03. The molecule has 0 aliphatic rings. The van der Waals surface area contributed by atoms with Crippen LogP contribution in [0.3, 0.4) is 0 Å². The average molecular weight is 239 g/mol. The number of nitrogens with zero attached hydrogens (tertiary/aromatic N) is 2. The lowest BCUT2D eigenvalue weighted by Gasteiger charge is -2.16. The third-order valence-electron chi connectivity index (χ3n) is 2.51. The van der Waals surface area contributed by atoms with Gasteiger partial charge in [-0.25, -0.2) is 0 Å². The number of aromatic nitrogens is 2. The van der Waals surface area contributed by atoms with Gasteiger partial charge in [0.15, 0.2) is 0 Å². The number of H-pyrrole nitrogens is 1. The van der Waals surface area contributed by atoms with Gasteiger partial charge in [-0.05, 0) is 13.3 Å². The Balaban J connectivity index is 2.43. The molecule has 1 aromatic rings. The Labute approximate surface area is 99.9 Å². The minimum atomic E-state index is -0.259. The second-order valence-corrected chi connectivity index (χ2v) is 3.82. The molecule has 1 amide bonds. The number of carbonyl (C=O) groups is 2. The van der Waals surface area contributed by atoms with Crippen molar-refractivity contribution in [3.05, 3.63) is 17.5 Å². The summed E-state index contributed by atoms with van der Waals surface area (Å²) in [6.07, 6.45) is 2.42. The van der Waals surface area contributed by atoms with E-state index in [1.165, 1.54) is 13.3 Å². The van der Waals surface area contributed by atoms with E-state index in [4.69, 9.17) is 0 Å². The van der Waals surface area contributed by atoms with E-state index < -0.39 is 0 Å². The van der Waals surface area contributed by atoms with E-state index in [1.54, 1.807) is 18.9 Å². The number of esters is 1. The molecule has 1 N–H and O–H groups in total. The summed E-state index contributed by atoms with van der Waals surface area (Å²) in [5.74, 6) is -0.355. The van der Waals surface area contributed by atoms with Crippen molar-refractivity contribution in [1.29, 1.82) is 0 Å². The largest absolute Gasteiger partial charge is 0.469 e. The van der Waals surface area contributed by atoms with Crippen LogP contribution >= 0.6 is 0 Å². The fourth-order valence-electron chi connectivity index (χ4n) is 1.44. The van der Waals surface area contributed by atoms with E-state index in [9.17, 15) is 9.59 Å². The van der Waals surface area contributed by atoms with Gasteiger partial charge in [0.25, 0.3) is 5.91 Å². The van der Waals surface area contributed by atoms with Gasteiger partial charge in [-0.3, -0.25) is 14.7 Å². The lowest BCUT2D eigenvalue weighted by Crippen LogP contribution is -2.28. The Bertz CT molecular complexity index is 400. The van der Waals surface area contributed by atoms with Crippen molar-refractivity contribution < 1.29 is 14.3 Å². The first kappa shape index (κ1) is 13.2. The van der Waals surface area contributed by atoms with Crippen molar-refractivity contribution in [2.75, 3.05) is 20.7 Å². The molecule has 0 radical (unpaired) electrons. The van der Waals surface area contributed by atoms with E-state index in [-0.39, 0.29) is 11.9 Å². The summed E-state index contributed by atoms with van der Waals surface area (Å²) in [6, 6.07) is 0. The van der Waals surface area contributed by atoms with Crippen LogP contribution in [0.15, 0.2) is 6.20 Å². The molecule has 0 unspecified atom stereocenters. The van der Waals surface area contributed by atoms with Gasteiger partial charge in [0.2, 0.25) is 0 Å². The minimum absolute atomic E-state index is 0.0962. The van der Waals surface area contributed by atoms with Crippen LogP contribution in [0.5, 0.6) is 0 Å². The average Bonchev–Trinajstić information content (AvgIpc) is 2.74. The molecule has 0 spiro atoms. The number of hydrogen-bond acceptors (Lipinski definition) is 4. The van der Waals surface area contributed by atoms with Crippen LogP contribution < -0.4 is 0 Å². The lowest BCUT2D eigenvalue weighted by atomic mass is 10.2. The molecule has 0 saturated carbocycles. The van der Waals surface area contributed by atoms with E-state index in [2.05, 4.69) is 14.9 Å². The predicted molar refractivity (Wildman–Crippen MR) is 61.5 cm³/mol. The molecule has 1 aromatic heterocycles. The van der Waals surface area contributed by atoms with E-state index in [1.807, 2.05) is 0 Å². The molecule has 0 atom stereocenters. The number of carbonyl (C=O) groups excluding carboxylic acids is 2. The van der Waals surface area contributed by atoms with Crippen molar-refractivity contribution in [2.45, 2.75) is 19.8 Å². The summed E-state index contributed by atoms with van der Waals surface area (Å²) in [4.78, 5) is 24.4. The summed E-state index contributed by atoms with van der Waals surface area (Å²) in [6.45, 7) is 2.31. The fourth-order valence-corrected chi connectivity index (χ4v) is 1.44. The highest BCUT2D eigenvalue weighted by Gasteiger charge is 2.15. The van der Waals surface area contributed by atoms with Crippen molar-refractivity contribution >= 4 is 11.9 Å². The van der Waals surface area contributed by atoms with Crippen molar-refractivity contribution in [2.24, 2.45) is 0 Å². The van der Waals surface area contributed by atoms with Crippen LogP contribution in [0.2, 0.25) is 0 Å². The number of aryl methyl sites for hydroxylation is 1. The molecule has 0 saturated heterocycles. The highest BCUT2D eigenvalue weighted by molar-refractivity contribution is 5.94. The van der Waals surface area contributed by atoms with Crippen molar-refractivity contribution in [1.82, 2.24) is 15.1 Å². The number of nitrogens with one attached hydrogen (secondary N) is 1. The van der Waals surface area contributed by atoms with Crippen LogP contribution in [-0.4, -0.2) is 47.7 Å². The summed E-state index contributed by atoms with van der Waals surface area (Å²) >= 11 is 0. The van der Waals surface area contributed by atoms with Gasteiger partial charge in [-0.1, -0.05) is 0 Å². The summed E-state index contributed by atoms with van der Waals surface area (Å²) in [5, 5.41) is 6.52. The third-order valence-corrected chi connectivity index (χ3v) is 2.51. The maximum absolute atomic E-state index is 11.9. The van der Waals surface area contributed by atoms with E-state index in [0.29, 0.717) is 24.9 Å². The van der Waals surface area contributed by atoms with Gasteiger partial charge in [-0.15, -0.1) is 0 Å². The fraction of sp³-hybridized carbons (Fsp3) is 0.545. The second-order valence-electron chi connectivity index (χ2n) is 3.82. The molecule has 1 heterocycles. The van der Waals surface area contributed by atoms with Crippen LogP contribution in [0.25, 0.3) is 0 Å². The zero-order chi connectivity index (χ0) is 12.8. The molecule has 1 rings (SSSR count). The number of methoxy groups -OCH3 is 1. The third kappa shape index (κ3) is 3.58. The Morgan fingerprint density at radius 2 is 2.24 bits per heavy atom. The van der Waals surface area contributed by atoms with Gasteiger partial charge in [-0.2, -0.15) is 5.10 Å². The number of hydrogen-bond donors (Lipinski definition) is 1. The molecule has 0 aliphatic carbocycles. The zero-order valence-corrected chi connectivity index (χ0v) is 10.3. The Kier molecular flexibility index (Phi) is 4.68. The minimum Gasteiger partial charge on any atom is -0.469 e. The van der Waals surface area contributed by atoms with Gasteiger partial charge in [0.1, 0.15) is 0 Å². The topological polar surface area (TPSA) is 75.3 Å². The Morgan fingerprint density at radius 3 is 2.76 bits per heavy atom. The van der Waals surface area contributed by atoms with Crippen LogP contribution in [0.4, 0.5) is 0 Å². The summed E-state index contributed by atoms with van der Waals surface area (Å²) < 4.78 is 4.53. The monoisotopic (exact) mass is 239 g/mol. The number of ether oxygens (including phenoxy) is 1. The quantitative estimate of drug-likeness (QED) is 0.769. The standard InChI is InChI=1S/C11H17N3O3/c1-8-9(7-12-13-8)11(16)14(2)6-4-5-10(15)17-3/h7H,4-6H2,1-3H3,(H,12,13). The van der Waals surface area contributed by atoms with Gasteiger partial charge in [0, 0.05) is 25.7 Å². The smallest absolute Gasteiger partial charge is 0.305 e. The first-order valence-electron chi connectivity index (χ1n) is 5.38. The summed E-state index contributed by atoms with van der Waals surface area (Å²) in [5.41, 5.74) is 1.31. The van der Waals surface area contributed by atoms with Gasteiger partial charge in [0.05, 0.1) is 18.9 Å². The Morgan fingerprint density at radius 1 is 1.53 bits per heavy atom. The van der Waals surface area contributed by atoms with Crippen molar-refractivity contribution in [3.8, 4) is 0 Å². The zero-order valence-electron chi connectivity index (χ0n) is 10.3. The highest BCUT2D eigenvalue weighted by atomic mass is 16.5. The molecule has 17 heavy (non-hydrogen) atoms. The number of rotatable bonds is 5. The van der Waals surface area contributed by atoms with Crippen LogP contribution in [0.1, 0.15) is 28.9 Å². The van der Waals surface area contributed by atoms with E-state index >= 15 is 0 Å². The molecule has 0 aromatic carbocycles.